The van der Waals surface area contributed by atoms with Crippen LogP contribution in [0, 0.1) is 29.1 Å². The number of hydrogen-bond acceptors (Lipinski definition) is 4. The van der Waals surface area contributed by atoms with Crippen LogP contribution in [0.4, 0.5) is 0 Å². The predicted molar refractivity (Wildman–Crippen MR) is 75.0 cm³/mol. The normalized spacial score (nSPS) is 40.6. The summed E-state index contributed by atoms with van der Waals surface area (Å²) in [6.07, 6.45) is 2.91. The molecule has 102 valence electrons. The van der Waals surface area contributed by atoms with Crippen LogP contribution >= 0.6 is 11.8 Å². The molecule has 0 unspecified atom stereocenters. The first-order valence-electron chi connectivity index (χ1n) is 6.95. The Bertz CT molecular complexity index is 495. The van der Waals surface area contributed by atoms with E-state index < -0.39 is 5.54 Å². The summed E-state index contributed by atoms with van der Waals surface area (Å²) in [6.45, 7) is 2.15. The molecule has 3 N–H and O–H groups in total. The summed E-state index contributed by atoms with van der Waals surface area (Å²) in [4.78, 5) is 12.3. The van der Waals surface area contributed by atoms with Crippen molar-refractivity contribution < 1.29 is 4.79 Å². The second-order valence-electron chi connectivity index (χ2n) is 5.76. The zero-order chi connectivity index (χ0) is 13.6. The summed E-state index contributed by atoms with van der Waals surface area (Å²) in [6, 6.07) is 2.29. The molecule has 2 saturated heterocycles. The quantitative estimate of drug-likeness (QED) is 0.799. The highest BCUT2D eigenvalue weighted by Gasteiger charge is 2.60. The number of nitrogens with zero attached hydrogens (tertiary/aromatic N) is 1. The monoisotopic (exact) mass is 277 g/mol. The van der Waals surface area contributed by atoms with Crippen molar-refractivity contribution in [1.82, 2.24) is 5.32 Å². The third kappa shape index (κ3) is 1.56. The highest BCUT2D eigenvalue weighted by molar-refractivity contribution is 7.99. The number of amides is 1. The fourth-order valence-electron chi connectivity index (χ4n) is 4.16. The van der Waals surface area contributed by atoms with Crippen molar-refractivity contribution in [2.75, 3.05) is 11.5 Å². The molecule has 2 fully saturated rings. The predicted octanol–water partition coefficient (Wildman–Crippen LogP) is 1.39. The Morgan fingerprint density at radius 1 is 1.63 bits per heavy atom. The van der Waals surface area contributed by atoms with Gasteiger partial charge >= 0.3 is 0 Å². The van der Waals surface area contributed by atoms with E-state index in [0.717, 1.165) is 30.8 Å². The molecular weight excluding hydrogens is 258 g/mol. The minimum atomic E-state index is -0.463. The van der Waals surface area contributed by atoms with Crippen LogP contribution in [0.2, 0.25) is 0 Å². The van der Waals surface area contributed by atoms with Crippen molar-refractivity contribution in [2.45, 2.75) is 31.7 Å². The average molecular weight is 277 g/mol. The molecule has 2 bridgehead atoms. The van der Waals surface area contributed by atoms with Crippen LogP contribution in [-0.4, -0.2) is 23.0 Å². The standard InChI is InChI=1S/C14H19N3OS/c1-2-3-8-10-7-19-5-4-14(10)9(6-15)12(16)11(8)13(18)17-14/h8,10-11H,2-5,7,16H2,1H3,(H,17,18)/t8-,10+,11+,14+/m0/s1. The van der Waals surface area contributed by atoms with Crippen LogP contribution in [-0.2, 0) is 4.79 Å². The number of nitriles is 1. The number of thioether (sulfide) groups is 1. The Morgan fingerprint density at radius 2 is 2.42 bits per heavy atom. The van der Waals surface area contributed by atoms with E-state index in [0.29, 0.717) is 23.1 Å². The van der Waals surface area contributed by atoms with Gasteiger partial charge in [-0.25, -0.2) is 0 Å². The van der Waals surface area contributed by atoms with Gasteiger partial charge in [0.25, 0.3) is 0 Å². The van der Waals surface area contributed by atoms with Crippen LogP contribution in [0.1, 0.15) is 26.2 Å². The van der Waals surface area contributed by atoms with Crippen molar-refractivity contribution >= 4 is 17.7 Å². The largest absolute Gasteiger partial charge is 0.401 e. The van der Waals surface area contributed by atoms with Gasteiger partial charge in [0.05, 0.1) is 23.1 Å². The van der Waals surface area contributed by atoms with Crippen LogP contribution in [0.15, 0.2) is 11.3 Å². The molecule has 19 heavy (non-hydrogen) atoms. The number of carbonyl (C=O) groups is 1. The van der Waals surface area contributed by atoms with Gasteiger partial charge in [-0.15, -0.1) is 0 Å². The summed E-state index contributed by atoms with van der Waals surface area (Å²) in [5.74, 6) is 2.45. The zero-order valence-electron chi connectivity index (χ0n) is 11.1. The second-order valence-corrected chi connectivity index (χ2v) is 6.91. The number of nitrogens with two attached hydrogens (primary N) is 1. The molecule has 3 heterocycles. The molecule has 4 atom stereocenters. The lowest BCUT2D eigenvalue weighted by molar-refractivity contribution is -0.135. The van der Waals surface area contributed by atoms with Gasteiger partial charge in [-0.2, -0.15) is 17.0 Å². The summed E-state index contributed by atoms with van der Waals surface area (Å²) in [5.41, 5.74) is 6.91. The zero-order valence-corrected chi connectivity index (χ0v) is 11.9. The van der Waals surface area contributed by atoms with Crippen LogP contribution < -0.4 is 11.1 Å². The molecule has 0 aromatic heterocycles. The van der Waals surface area contributed by atoms with Crippen LogP contribution in [0.5, 0.6) is 0 Å². The maximum absolute atomic E-state index is 12.3. The summed E-state index contributed by atoms with van der Waals surface area (Å²) >= 11 is 1.94. The fourth-order valence-corrected chi connectivity index (χ4v) is 5.58. The lowest BCUT2D eigenvalue weighted by Crippen LogP contribution is -2.70. The molecular formula is C14H19N3OS. The number of rotatable bonds is 2. The molecule has 0 radical (unpaired) electrons. The first-order chi connectivity index (χ1) is 9.15. The summed E-state index contributed by atoms with van der Waals surface area (Å²) < 4.78 is 0. The van der Waals surface area contributed by atoms with E-state index in [2.05, 4.69) is 18.3 Å². The van der Waals surface area contributed by atoms with Gasteiger partial charge in [0, 0.05) is 5.70 Å². The number of piperidine rings is 1. The third-order valence-corrected chi connectivity index (χ3v) is 6.04. The first kappa shape index (κ1) is 12.9. The van der Waals surface area contributed by atoms with Gasteiger partial charge in [-0.05, 0) is 36.2 Å². The van der Waals surface area contributed by atoms with E-state index in [-0.39, 0.29) is 11.8 Å². The number of hydrogen-bond donors (Lipinski definition) is 2. The first-order valence-corrected chi connectivity index (χ1v) is 8.11. The molecule has 1 spiro atoms. The second kappa shape index (κ2) is 4.45. The van der Waals surface area contributed by atoms with Gasteiger partial charge in [0.2, 0.25) is 5.91 Å². The lowest BCUT2D eigenvalue weighted by Gasteiger charge is -2.57. The van der Waals surface area contributed by atoms with E-state index in [9.17, 15) is 10.1 Å². The molecule has 0 aromatic rings. The molecule has 1 amide bonds. The third-order valence-electron chi connectivity index (χ3n) is 4.95. The summed E-state index contributed by atoms with van der Waals surface area (Å²) in [5, 5.41) is 12.6. The maximum Gasteiger partial charge on any atom is 0.230 e. The minimum Gasteiger partial charge on any atom is -0.401 e. The maximum atomic E-state index is 12.3. The summed E-state index contributed by atoms with van der Waals surface area (Å²) in [7, 11) is 0. The van der Waals surface area contributed by atoms with Crippen LogP contribution in [0.3, 0.4) is 0 Å². The van der Waals surface area contributed by atoms with Gasteiger partial charge in [0.1, 0.15) is 0 Å². The van der Waals surface area contributed by atoms with Gasteiger partial charge in [-0.1, -0.05) is 13.3 Å². The number of nitrogens with one attached hydrogen (secondary N) is 1. The Labute approximate surface area is 117 Å². The number of fused-ring (bicyclic) bond motifs is 1. The van der Waals surface area contributed by atoms with Crippen molar-refractivity contribution in [3.05, 3.63) is 11.3 Å². The van der Waals surface area contributed by atoms with Crippen molar-refractivity contribution in [3.63, 3.8) is 0 Å². The van der Waals surface area contributed by atoms with Crippen LogP contribution in [0.25, 0.3) is 0 Å². The fraction of sp³-hybridized carbons (Fsp3) is 0.714. The smallest absolute Gasteiger partial charge is 0.230 e. The Hall–Kier alpha value is -1.15. The molecule has 0 saturated carbocycles. The van der Waals surface area contributed by atoms with E-state index >= 15 is 0 Å². The van der Waals surface area contributed by atoms with E-state index in [1.807, 2.05) is 11.8 Å². The van der Waals surface area contributed by atoms with E-state index in [1.54, 1.807) is 0 Å². The molecule has 3 aliphatic heterocycles. The molecule has 4 nitrogen and oxygen atoms in total. The molecule has 1 aliphatic carbocycles. The van der Waals surface area contributed by atoms with Crippen molar-refractivity contribution in [3.8, 4) is 6.07 Å². The SMILES string of the molecule is CCC[C@@H]1[C@H]2C(=O)N[C@]3(CCSC[C@H]13)C(C#N)=C2N. The topological polar surface area (TPSA) is 78.9 Å². The Kier molecular flexibility index (Phi) is 3.01. The highest BCUT2D eigenvalue weighted by atomic mass is 32.2. The molecule has 5 heteroatoms. The van der Waals surface area contributed by atoms with Gasteiger partial charge < -0.3 is 11.1 Å². The molecule has 4 rings (SSSR count). The van der Waals surface area contributed by atoms with Gasteiger partial charge in [-0.3, -0.25) is 4.79 Å². The average Bonchev–Trinajstić information content (AvgIpc) is 2.38. The molecule has 4 aliphatic rings. The Balaban J connectivity index is 2.15. The number of carbonyl (C=O) groups excluding carboxylic acids is 1. The van der Waals surface area contributed by atoms with Crippen molar-refractivity contribution in [1.29, 1.82) is 5.26 Å². The molecule has 0 aromatic carbocycles. The highest BCUT2D eigenvalue weighted by Crippen LogP contribution is 2.54. The Morgan fingerprint density at radius 3 is 3.11 bits per heavy atom. The van der Waals surface area contributed by atoms with Crippen molar-refractivity contribution in [2.24, 2.45) is 23.5 Å². The van der Waals surface area contributed by atoms with E-state index in [4.69, 9.17) is 5.73 Å². The lowest BCUT2D eigenvalue weighted by atomic mass is 9.56. The van der Waals surface area contributed by atoms with E-state index in [1.165, 1.54) is 0 Å². The minimum absolute atomic E-state index is 0.0399. The van der Waals surface area contributed by atoms with Gasteiger partial charge in [0.15, 0.2) is 0 Å².